The maximum atomic E-state index is 14.9. The van der Waals surface area contributed by atoms with Crippen LogP contribution in [0.25, 0.3) is 11.6 Å². The van der Waals surface area contributed by atoms with Crippen molar-refractivity contribution in [2.75, 3.05) is 0 Å². The number of rotatable bonds is 8. The highest BCUT2D eigenvalue weighted by molar-refractivity contribution is 6.31. The molecule has 0 saturated carbocycles. The highest BCUT2D eigenvalue weighted by atomic mass is 16.7. The van der Waals surface area contributed by atoms with Crippen LogP contribution in [0.5, 0.6) is 17.2 Å². The van der Waals surface area contributed by atoms with Gasteiger partial charge in [-0.1, -0.05) is 54.6 Å². The molecule has 53 heavy (non-hydrogen) atoms. The topological polar surface area (TPSA) is 200 Å². The van der Waals surface area contributed by atoms with Gasteiger partial charge < -0.3 is 44.8 Å². The number of aliphatic hydroxyl groups excluding tert-OH is 5. The predicted octanol–water partition coefficient (Wildman–Crippen LogP) is 3.36. The minimum atomic E-state index is -1.74. The normalized spacial score (nSPS) is 22.0. The van der Waals surface area contributed by atoms with Gasteiger partial charge in [0.1, 0.15) is 35.6 Å². The molecule has 1 fully saturated rings. The summed E-state index contributed by atoms with van der Waals surface area (Å²) in [6.07, 6.45) is -4.54. The molecule has 0 spiro atoms. The third-order valence-electron chi connectivity index (χ3n) is 10.1. The number of fused-ring (bicyclic) bond motifs is 3. The van der Waals surface area contributed by atoms with E-state index in [1.807, 2.05) is 30.3 Å². The monoisotopic (exact) mass is 722 g/mol. The lowest BCUT2D eigenvalue weighted by atomic mass is 9.75. The summed E-state index contributed by atoms with van der Waals surface area (Å²) < 4.78 is 17.4. The first-order chi connectivity index (χ1) is 25.4. The van der Waals surface area contributed by atoms with Crippen LogP contribution in [0.4, 0.5) is 0 Å². The Morgan fingerprint density at radius 2 is 1.57 bits per heavy atom. The van der Waals surface area contributed by atoms with Crippen LogP contribution < -0.4 is 9.47 Å². The van der Waals surface area contributed by atoms with Gasteiger partial charge in [-0.15, -0.1) is 0 Å². The van der Waals surface area contributed by atoms with Crippen molar-refractivity contribution in [3.63, 3.8) is 0 Å². The standard InChI is InChI=1S/C41H38O12/c1-19-35(45)39(49)40(50)41(51-19)53-29-16-28-33(36(46)27(29)13-21-6-5-7-22(12-21)17-42)38(48)32-26(18-43)15-30(52-20(2)44)31(34(32)37(28)47)25-11-10-23-8-3-4-9-24(23)14-25/h3-9,12,14-16,19,35,39-43,45-46,49-50H,10-11,13,17-18H2,1-2H3/t19-,35-,39-,40-,41-/m1/s1. The summed E-state index contributed by atoms with van der Waals surface area (Å²) in [5, 5.41) is 63.9. The fourth-order valence-electron chi connectivity index (χ4n) is 7.41. The molecule has 0 amide bonds. The van der Waals surface area contributed by atoms with Gasteiger partial charge in [0.05, 0.1) is 24.9 Å². The molecule has 2 aliphatic carbocycles. The summed E-state index contributed by atoms with van der Waals surface area (Å²) in [6.45, 7) is 1.72. The van der Waals surface area contributed by atoms with Crippen molar-refractivity contribution in [1.82, 2.24) is 0 Å². The second-order valence-corrected chi connectivity index (χ2v) is 13.5. The number of phenolic OH excluding ortho intramolecular Hbond substituents is 1. The Balaban J connectivity index is 1.45. The Kier molecular flexibility index (Phi) is 9.77. The summed E-state index contributed by atoms with van der Waals surface area (Å²) in [7, 11) is 0. The molecule has 0 aromatic heterocycles. The molecule has 1 saturated heterocycles. The maximum Gasteiger partial charge on any atom is 0.308 e. The van der Waals surface area contributed by atoms with Crippen molar-refractivity contribution >= 4 is 29.2 Å². The van der Waals surface area contributed by atoms with E-state index < -0.39 is 60.6 Å². The average molecular weight is 723 g/mol. The van der Waals surface area contributed by atoms with Gasteiger partial charge in [-0.25, -0.2) is 0 Å². The minimum Gasteiger partial charge on any atom is -0.507 e. The molecule has 4 aromatic rings. The molecular formula is C41H38O12. The summed E-state index contributed by atoms with van der Waals surface area (Å²) >= 11 is 0. The van der Waals surface area contributed by atoms with Gasteiger partial charge in [0.25, 0.3) is 0 Å². The average Bonchev–Trinajstić information content (AvgIpc) is 3.15. The van der Waals surface area contributed by atoms with Gasteiger partial charge in [0.2, 0.25) is 6.29 Å². The summed E-state index contributed by atoms with van der Waals surface area (Å²) in [6, 6.07) is 17.1. The van der Waals surface area contributed by atoms with Gasteiger partial charge in [-0.2, -0.15) is 0 Å². The molecule has 5 atom stereocenters. The Morgan fingerprint density at radius 1 is 0.811 bits per heavy atom. The van der Waals surface area contributed by atoms with E-state index >= 15 is 0 Å². The summed E-state index contributed by atoms with van der Waals surface area (Å²) in [5.41, 5.74) is 3.11. The first kappa shape index (κ1) is 36.2. The van der Waals surface area contributed by atoms with Crippen LogP contribution in [0.15, 0.2) is 60.7 Å². The van der Waals surface area contributed by atoms with E-state index in [2.05, 4.69) is 0 Å². The zero-order valence-corrected chi connectivity index (χ0v) is 28.9. The minimum absolute atomic E-state index is 0.0120. The lowest BCUT2D eigenvalue weighted by Crippen LogP contribution is -2.58. The molecule has 4 aromatic carbocycles. The van der Waals surface area contributed by atoms with Gasteiger partial charge in [-0.3, -0.25) is 14.4 Å². The molecule has 0 bridgehead atoms. The number of ether oxygens (including phenoxy) is 3. The molecule has 0 radical (unpaired) electrons. The number of carbonyl (C=O) groups excluding carboxylic acids is 3. The molecule has 3 aliphatic rings. The smallest absolute Gasteiger partial charge is 0.308 e. The Hall–Kier alpha value is -5.21. The maximum absolute atomic E-state index is 14.9. The first-order valence-electron chi connectivity index (χ1n) is 17.2. The molecule has 274 valence electrons. The second kappa shape index (κ2) is 14.3. The summed E-state index contributed by atoms with van der Waals surface area (Å²) in [5.74, 6) is -2.95. The van der Waals surface area contributed by atoms with E-state index in [4.69, 9.17) is 14.2 Å². The van der Waals surface area contributed by atoms with Crippen LogP contribution in [0.1, 0.15) is 91.1 Å². The number of hydrogen-bond acceptors (Lipinski definition) is 12. The van der Waals surface area contributed by atoms with Gasteiger partial charge >= 0.3 is 5.97 Å². The Morgan fingerprint density at radius 3 is 2.30 bits per heavy atom. The highest BCUT2D eigenvalue weighted by Gasteiger charge is 2.45. The van der Waals surface area contributed by atoms with Crippen LogP contribution in [0.3, 0.4) is 0 Å². The fourth-order valence-corrected chi connectivity index (χ4v) is 7.41. The molecule has 0 unspecified atom stereocenters. The number of allylic oxidation sites excluding steroid dienone is 1. The zero-order chi connectivity index (χ0) is 37.7. The van der Waals surface area contributed by atoms with Crippen LogP contribution >= 0.6 is 0 Å². The number of aryl methyl sites for hydroxylation is 1. The second-order valence-electron chi connectivity index (χ2n) is 13.5. The van der Waals surface area contributed by atoms with Crippen molar-refractivity contribution < 1.29 is 59.2 Å². The molecule has 12 nitrogen and oxygen atoms in total. The fraction of sp³-hybridized carbons (Fsp3) is 0.293. The van der Waals surface area contributed by atoms with Crippen LogP contribution in [-0.4, -0.2) is 78.9 Å². The lowest BCUT2D eigenvalue weighted by molar-refractivity contribution is -0.268. The Bertz CT molecular complexity index is 2190. The molecule has 1 heterocycles. The molecule has 1 aliphatic heterocycles. The van der Waals surface area contributed by atoms with Crippen molar-refractivity contribution in [1.29, 1.82) is 0 Å². The summed E-state index contributed by atoms with van der Waals surface area (Å²) in [4.78, 5) is 41.9. The number of esters is 1. The van der Waals surface area contributed by atoms with E-state index in [9.17, 15) is 45.0 Å². The largest absolute Gasteiger partial charge is 0.507 e. The van der Waals surface area contributed by atoms with Crippen LogP contribution in [-0.2, 0) is 35.6 Å². The van der Waals surface area contributed by atoms with E-state index in [0.717, 1.165) is 11.1 Å². The SMILES string of the molecule is CC(=O)Oc1cc(CO)c2c(c1C1=Cc3ccccc3CC1)C(=O)c1cc(O[C@H]3O[C@H](C)[C@@H](O)[C@@H](O)[C@H]3O)c(Cc3cccc(CO)c3)c(O)c1C2=O. The third kappa shape index (κ3) is 6.43. The predicted molar refractivity (Wildman–Crippen MR) is 189 cm³/mol. The molecular weight excluding hydrogens is 684 g/mol. The first-order valence-corrected chi connectivity index (χ1v) is 17.2. The number of aliphatic hydroxyl groups is 5. The van der Waals surface area contributed by atoms with E-state index in [-0.39, 0.29) is 63.5 Å². The number of phenols is 1. The van der Waals surface area contributed by atoms with Crippen molar-refractivity contribution in [2.45, 2.75) is 77.0 Å². The number of aromatic hydroxyl groups is 1. The molecule has 7 rings (SSSR count). The van der Waals surface area contributed by atoms with Gasteiger partial charge in [-0.05, 0) is 65.3 Å². The van der Waals surface area contributed by atoms with E-state index in [0.29, 0.717) is 29.5 Å². The van der Waals surface area contributed by atoms with Gasteiger partial charge in [0.15, 0.2) is 11.6 Å². The third-order valence-corrected chi connectivity index (χ3v) is 10.1. The van der Waals surface area contributed by atoms with E-state index in [1.165, 1.54) is 26.0 Å². The van der Waals surface area contributed by atoms with Crippen molar-refractivity contribution in [3.05, 3.63) is 122 Å². The zero-order valence-electron chi connectivity index (χ0n) is 28.9. The molecule has 6 N–H and O–H groups in total. The van der Waals surface area contributed by atoms with Crippen molar-refractivity contribution in [3.8, 4) is 17.2 Å². The number of carbonyl (C=O) groups is 3. The van der Waals surface area contributed by atoms with E-state index in [1.54, 1.807) is 24.3 Å². The highest BCUT2D eigenvalue weighted by Crippen LogP contribution is 2.47. The van der Waals surface area contributed by atoms with Crippen LogP contribution in [0, 0.1) is 0 Å². The van der Waals surface area contributed by atoms with Gasteiger partial charge in [0, 0.05) is 41.2 Å². The quantitative estimate of drug-likeness (QED) is 0.101. The van der Waals surface area contributed by atoms with Crippen molar-refractivity contribution in [2.24, 2.45) is 0 Å². The number of benzene rings is 4. The molecule has 12 heteroatoms. The number of ketones is 2. The van der Waals surface area contributed by atoms with Crippen LogP contribution in [0.2, 0.25) is 0 Å². The lowest BCUT2D eigenvalue weighted by Gasteiger charge is -2.39. The Labute approximate surface area is 304 Å². The number of hydrogen-bond donors (Lipinski definition) is 6.